The minimum Gasteiger partial charge on any atom is -0.387 e. The van der Waals surface area contributed by atoms with Gasteiger partial charge in [-0.05, 0) is 36.1 Å². The molecule has 0 aromatic heterocycles. The number of rotatable bonds is 8. The lowest BCUT2D eigenvalue weighted by atomic mass is 10.0. The fourth-order valence-corrected chi connectivity index (χ4v) is 2.69. The van der Waals surface area contributed by atoms with Gasteiger partial charge in [0, 0.05) is 24.7 Å². The average molecular weight is 355 g/mol. The number of aliphatic hydroxyl groups excluding tert-OH is 1. The maximum absolute atomic E-state index is 12.5. The van der Waals surface area contributed by atoms with Gasteiger partial charge in [-0.3, -0.25) is 20.2 Å². The van der Waals surface area contributed by atoms with E-state index in [9.17, 15) is 20.0 Å². The van der Waals surface area contributed by atoms with E-state index in [0.717, 1.165) is 18.4 Å². The molecule has 1 fully saturated rings. The Balaban J connectivity index is 1.66. The lowest BCUT2D eigenvalue weighted by Crippen LogP contribution is -2.40. The maximum Gasteiger partial charge on any atom is 0.269 e. The summed E-state index contributed by atoms with van der Waals surface area (Å²) < 4.78 is 0. The first kappa shape index (κ1) is 18.0. The minimum absolute atomic E-state index is 0.0279. The number of carbonyl (C=O) groups is 1. The SMILES string of the molecule is O=C(NC1CC1)C(NCC(O)c1ccc([N+](=O)[O-])cc1)c1ccccc1. The minimum atomic E-state index is -0.879. The molecule has 3 rings (SSSR count). The van der Waals surface area contributed by atoms with E-state index in [0.29, 0.717) is 5.56 Å². The Hall–Kier alpha value is -2.77. The van der Waals surface area contributed by atoms with Crippen molar-refractivity contribution in [1.82, 2.24) is 10.6 Å². The predicted molar refractivity (Wildman–Crippen MR) is 96.4 cm³/mol. The molecule has 7 nitrogen and oxygen atoms in total. The molecule has 0 saturated heterocycles. The van der Waals surface area contributed by atoms with Crippen molar-refractivity contribution in [2.45, 2.75) is 31.0 Å². The molecule has 1 aliphatic carbocycles. The molecule has 2 unspecified atom stereocenters. The van der Waals surface area contributed by atoms with E-state index in [2.05, 4.69) is 10.6 Å². The largest absolute Gasteiger partial charge is 0.387 e. The zero-order valence-electron chi connectivity index (χ0n) is 14.2. The summed E-state index contributed by atoms with van der Waals surface area (Å²) >= 11 is 0. The molecule has 1 aliphatic rings. The van der Waals surface area contributed by atoms with E-state index in [1.807, 2.05) is 30.3 Å². The van der Waals surface area contributed by atoms with Crippen LogP contribution in [-0.2, 0) is 4.79 Å². The van der Waals surface area contributed by atoms with Crippen LogP contribution in [0.1, 0.15) is 36.1 Å². The van der Waals surface area contributed by atoms with E-state index in [4.69, 9.17) is 0 Å². The summed E-state index contributed by atoms with van der Waals surface area (Å²) in [7, 11) is 0. The second kappa shape index (κ2) is 8.07. The summed E-state index contributed by atoms with van der Waals surface area (Å²) in [5.41, 5.74) is 1.35. The van der Waals surface area contributed by atoms with Crippen LogP contribution in [0.4, 0.5) is 5.69 Å². The fraction of sp³-hybridized carbons (Fsp3) is 0.316. The van der Waals surface area contributed by atoms with Gasteiger partial charge in [0.2, 0.25) is 5.91 Å². The van der Waals surface area contributed by atoms with Crippen LogP contribution >= 0.6 is 0 Å². The van der Waals surface area contributed by atoms with Crippen molar-refractivity contribution in [3.63, 3.8) is 0 Å². The van der Waals surface area contributed by atoms with Gasteiger partial charge in [0.15, 0.2) is 0 Å². The maximum atomic E-state index is 12.5. The van der Waals surface area contributed by atoms with Crippen molar-refractivity contribution in [1.29, 1.82) is 0 Å². The average Bonchev–Trinajstić information content (AvgIpc) is 3.46. The standard InChI is InChI=1S/C19H21N3O4/c23-17(13-6-10-16(11-7-13)22(25)26)12-20-18(14-4-2-1-3-5-14)19(24)21-15-8-9-15/h1-7,10-11,15,17-18,20,23H,8-9,12H2,(H,21,24). The monoisotopic (exact) mass is 355 g/mol. The number of hydrogen-bond donors (Lipinski definition) is 3. The van der Waals surface area contributed by atoms with Crippen LogP contribution in [0.5, 0.6) is 0 Å². The Bertz CT molecular complexity index is 760. The van der Waals surface area contributed by atoms with Gasteiger partial charge in [0.05, 0.1) is 11.0 Å². The lowest BCUT2D eigenvalue weighted by molar-refractivity contribution is -0.384. The molecular formula is C19H21N3O4. The van der Waals surface area contributed by atoms with Crippen molar-refractivity contribution in [3.8, 4) is 0 Å². The van der Waals surface area contributed by atoms with Crippen molar-refractivity contribution in [3.05, 3.63) is 75.8 Å². The van der Waals surface area contributed by atoms with Crippen LogP contribution in [0.3, 0.4) is 0 Å². The van der Waals surface area contributed by atoms with Gasteiger partial charge in [-0.2, -0.15) is 0 Å². The first-order valence-electron chi connectivity index (χ1n) is 8.55. The van der Waals surface area contributed by atoms with Crippen LogP contribution in [0, 0.1) is 10.1 Å². The molecule has 0 bridgehead atoms. The Labute approximate surface area is 151 Å². The van der Waals surface area contributed by atoms with Gasteiger partial charge in [-0.15, -0.1) is 0 Å². The van der Waals surface area contributed by atoms with Crippen LogP contribution < -0.4 is 10.6 Å². The summed E-state index contributed by atoms with van der Waals surface area (Å²) in [6, 6.07) is 14.8. The molecule has 2 atom stereocenters. The molecule has 2 aromatic rings. The summed E-state index contributed by atoms with van der Waals surface area (Å²) in [6.07, 6.45) is 1.12. The Morgan fingerprint density at radius 3 is 2.35 bits per heavy atom. The zero-order valence-corrected chi connectivity index (χ0v) is 14.2. The van der Waals surface area contributed by atoms with E-state index in [-0.39, 0.29) is 24.2 Å². The van der Waals surface area contributed by atoms with Gasteiger partial charge in [-0.25, -0.2) is 0 Å². The van der Waals surface area contributed by atoms with Crippen molar-refractivity contribution in [2.75, 3.05) is 6.54 Å². The molecule has 1 saturated carbocycles. The molecule has 136 valence electrons. The topological polar surface area (TPSA) is 104 Å². The highest BCUT2D eigenvalue weighted by molar-refractivity contribution is 5.83. The van der Waals surface area contributed by atoms with Gasteiger partial charge in [0.1, 0.15) is 6.04 Å². The Kier molecular flexibility index (Phi) is 5.60. The number of nitro groups is 1. The number of nitrogens with one attached hydrogen (secondary N) is 2. The molecule has 0 heterocycles. The summed E-state index contributed by atoms with van der Waals surface area (Å²) in [5, 5.41) is 27.2. The number of hydrogen-bond acceptors (Lipinski definition) is 5. The van der Waals surface area contributed by atoms with Crippen LogP contribution in [0.2, 0.25) is 0 Å². The number of carbonyl (C=O) groups excluding carboxylic acids is 1. The number of benzene rings is 2. The van der Waals surface area contributed by atoms with Crippen LogP contribution in [0.15, 0.2) is 54.6 Å². The Morgan fingerprint density at radius 2 is 1.77 bits per heavy atom. The molecule has 0 radical (unpaired) electrons. The zero-order chi connectivity index (χ0) is 18.5. The molecule has 0 spiro atoms. The van der Waals surface area contributed by atoms with Crippen molar-refractivity contribution < 1.29 is 14.8 Å². The lowest BCUT2D eigenvalue weighted by Gasteiger charge is -2.21. The number of non-ortho nitro benzene ring substituents is 1. The number of nitrogens with zero attached hydrogens (tertiary/aromatic N) is 1. The van der Waals surface area contributed by atoms with E-state index >= 15 is 0 Å². The van der Waals surface area contributed by atoms with Crippen molar-refractivity contribution >= 4 is 11.6 Å². The number of nitro benzene ring substituents is 1. The van der Waals surface area contributed by atoms with Gasteiger partial charge in [0.25, 0.3) is 5.69 Å². The smallest absolute Gasteiger partial charge is 0.269 e. The van der Waals surface area contributed by atoms with Gasteiger partial charge >= 0.3 is 0 Å². The molecular weight excluding hydrogens is 334 g/mol. The first-order chi connectivity index (χ1) is 12.5. The number of aliphatic hydroxyl groups is 1. The molecule has 2 aromatic carbocycles. The van der Waals surface area contributed by atoms with Crippen LogP contribution in [-0.4, -0.2) is 28.5 Å². The predicted octanol–water partition coefficient (Wildman–Crippen LogP) is 2.24. The van der Waals surface area contributed by atoms with Gasteiger partial charge < -0.3 is 10.4 Å². The highest BCUT2D eigenvalue weighted by atomic mass is 16.6. The van der Waals surface area contributed by atoms with Gasteiger partial charge in [-0.1, -0.05) is 30.3 Å². The molecule has 0 aliphatic heterocycles. The quantitative estimate of drug-likeness (QED) is 0.497. The van der Waals surface area contributed by atoms with E-state index < -0.39 is 17.1 Å². The summed E-state index contributed by atoms with van der Waals surface area (Å²) in [6.45, 7) is 0.148. The third kappa shape index (κ3) is 4.65. The fourth-order valence-electron chi connectivity index (χ4n) is 2.69. The van der Waals surface area contributed by atoms with E-state index in [1.165, 1.54) is 24.3 Å². The molecule has 7 heteroatoms. The normalized spacial score (nSPS) is 15.9. The molecule has 3 N–H and O–H groups in total. The molecule has 26 heavy (non-hydrogen) atoms. The first-order valence-corrected chi connectivity index (χ1v) is 8.55. The second-order valence-electron chi connectivity index (χ2n) is 6.40. The third-order valence-electron chi connectivity index (χ3n) is 4.32. The Morgan fingerprint density at radius 1 is 1.12 bits per heavy atom. The summed E-state index contributed by atoms with van der Waals surface area (Å²) in [5.74, 6) is -0.116. The number of amides is 1. The van der Waals surface area contributed by atoms with Crippen LogP contribution in [0.25, 0.3) is 0 Å². The van der Waals surface area contributed by atoms with E-state index in [1.54, 1.807) is 0 Å². The molecule has 1 amide bonds. The van der Waals surface area contributed by atoms with Crippen molar-refractivity contribution in [2.24, 2.45) is 0 Å². The second-order valence-corrected chi connectivity index (χ2v) is 6.40. The highest BCUT2D eigenvalue weighted by Gasteiger charge is 2.28. The third-order valence-corrected chi connectivity index (χ3v) is 4.32. The highest BCUT2D eigenvalue weighted by Crippen LogP contribution is 2.22. The summed E-state index contributed by atoms with van der Waals surface area (Å²) in [4.78, 5) is 22.8.